The van der Waals surface area contributed by atoms with Crippen molar-refractivity contribution in [2.75, 3.05) is 0 Å². The normalized spacial score (nSPS) is 10.1. The number of unbranched alkanes of at least 4 members (excludes halogenated alkanes) is 3. The molecule has 0 radical (unpaired) electrons. The molecule has 0 aromatic carbocycles. The van der Waals surface area contributed by atoms with Crippen LogP contribution in [0, 0.1) is 5.82 Å². The quantitative estimate of drug-likeness (QED) is 0.400. The van der Waals surface area contributed by atoms with Crippen molar-refractivity contribution in [2.45, 2.75) is 32.1 Å². The van der Waals surface area contributed by atoms with Crippen molar-refractivity contribution in [2.24, 2.45) is 0 Å². The largest absolute Gasteiger partial charge is 0.294 e. The van der Waals surface area contributed by atoms with Crippen molar-refractivity contribution in [1.82, 2.24) is 4.98 Å². The van der Waals surface area contributed by atoms with E-state index < -0.39 is 5.82 Å². The molecule has 86 valence electrons. The highest BCUT2D eigenvalue weighted by Crippen LogP contribution is 2.11. The Labute approximate surface area is 95.2 Å². The molecule has 0 bridgehead atoms. The standard InChI is InChI=1S/C13H16FNO/c1-2-3-4-5-6-7-13(16)11-8-9-15-10-12(11)14/h2,8-10H,1,3-7H2. The predicted octanol–water partition coefficient (Wildman–Crippen LogP) is 3.54. The lowest BCUT2D eigenvalue weighted by molar-refractivity contribution is 0.0975. The maximum atomic E-state index is 13.2. The van der Waals surface area contributed by atoms with E-state index in [2.05, 4.69) is 11.6 Å². The molecule has 0 spiro atoms. The predicted molar refractivity (Wildman–Crippen MR) is 61.8 cm³/mol. The zero-order valence-electron chi connectivity index (χ0n) is 9.29. The summed E-state index contributed by atoms with van der Waals surface area (Å²) in [6.45, 7) is 3.63. The SMILES string of the molecule is C=CCCCCCC(=O)c1ccncc1F. The lowest BCUT2D eigenvalue weighted by Gasteiger charge is -2.01. The fraction of sp³-hybridized carbons (Fsp3) is 0.385. The monoisotopic (exact) mass is 221 g/mol. The Bertz CT molecular complexity index is 363. The summed E-state index contributed by atoms with van der Waals surface area (Å²) >= 11 is 0. The van der Waals surface area contributed by atoms with Gasteiger partial charge in [0.25, 0.3) is 0 Å². The highest BCUT2D eigenvalue weighted by molar-refractivity contribution is 5.96. The van der Waals surface area contributed by atoms with E-state index in [0.717, 1.165) is 31.9 Å². The van der Waals surface area contributed by atoms with Gasteiger partial charge in [-0.05, 0) is 25.3 Å². The Balaban J connectivity index is 2.36. The van der Waals surface area contributed by atoms with Gasteiger partial charge < -0.3 is 0 Å². The summed E-state index contributed by atoms with van der Waals surface area (Å²) in [5, 5.41) is 0. The molecule has 2 nitrogen and oxygen atoms in total. The van der Waals surface area contributed by atoms with E-state index in [0.29, 0.717) is 6.42 Å². The first-order chi connectivity index (χ1) is 7.75. The zero-order chi connectivity index (χ0) is 11.8. The Kier molecular flexibility index (Phi) is 5.40. The van der Waals surface area contributed by atoms with Crippen LogP contribution in [0.15, 0.2) is 31.1 Å². The van der Waals surface area contributed by atoms with Crippen molar-refractivity contribution in [3.8, 4) is 0 Å². The van der Waals surface area contributed by atoms with Crippen molar-refractivity contribution in [3.05, 3.63) is 42.5 Å². The average Bonchev–Trinajstić information content (AvgIpc) is 2.29. The summed E-state index contributed by atoms with van der Waals surface area (Å²) < 4.78 is 13.2. The summed E-state index contributed by atoms with van der Waals surface area (Å²) in [5.41, 5.74) is 0.152. The van der Waals surface area contributed by atoms with E-state index in [9.17, 15) is 9.18 Å². The maximum absolute atomic E-state index is 13.2. The number of aromatic nitrogens is 1. The third-order valence-electron chi connectivity index (χ3n) is 2.38. The minimum absolute atomic E-state index is 0.140. The third kappa shape index (κ3) is 3.93. The summed E-state index contributed by atoms with van der Waals surface area (Å²) in [5.74, 6) is -0.669. The molecule has 1 rings (SSSR count). The second-order valence-electron chi connectivity index (χ2n) is 3.67. The molecule has 0 unspecified atom stereocenters. The minimum atomic E-state index is -0.529. The highest BCUT2D eigenvalue weighted by atomic mass is 19.1. The van der Waals surface area contributed by atoms with Crippen LogP contribution in [0.5, 0.6) is 0 Å². The number of hydrogen-bond donors (Lipinski definition) is 0. The molecule has 0 atom stereocenters. The topological polar surface area (TPSA) is 30.0 Å². The first-order valence-corrected chi connectivity index (χ1v) is 5.49. The molecule has 3 heteroatoms. The van der Waals surface area contributed by atoms with Gasteiger partial charge >= 0.3 is 0 Å². The van der Waals surface area contributed by atoms with Gasteiger partial charge in [-0.2, -0.15) is 0 Å². The van der Waals surface area contributed by atoms with Crippen molar-refractivity contribution < 1.29 is 9.18 Å². The molecule has 16 heavy (non-hydrogen) atoms. The molecule has 0 aliphatic carbocycles. The third-order valence-corrected chi connectivity index (χ3v) is 2.38. The van der Waals surface area contributed by atoms with Gasteiger partial charge in [0.15, 0.2) is 11.6 Å². The molecule has 0 saturated heterocycles. The van der Waals surface area contributed by atoms with E-state index in [4.69, 9.17) is 0 Å². The van der Waals surface area contributed by atoms with Crippen LogP contribution in [0.3, 0.4) is 0 Å². The molecule has 0 aliphatic rings. The number of halogens is 1. The Morgan fingerprint density at radius 1 is 1.44 bits per heavy atom. The molecular weight excluding hydrogens is 205 g/mol. The molecule has 0 N–H and O–H groups in total. The van der Waals surface area contributed by atoms with Crippen LogP contribution in [0.1, 0.15) is 42.5 Å². The number of nitrogens with zero attached hydrogens (tertiary/aromatic N) is 1. The molecule has 1 aromatic heterocycles. The molecule has 1 heterocycles. The van der Waals surface area contributed by atoms with E-state index in [1.807, 2.05) is 6.08 Å². The van der Waals surface area contributed by atoms with Crippen LogP contribution in [0.4, 0.5) is 4.39 Å². The Morgan fingerprint density at radius 2 is 2.25 bits per heavy atom. The summed E-state index contributed by atoms with van der Waals surface area (Å²) in [6, 6.07) is 1.43. The second-order valence-corrected chi connectivity index (χ2v) is 3.67. The first kappa shape index (κ1) is 12.6. The van der Waals surface area contributed by atoms with Gasteiger partial charge in [0.05, 0.1) is 11.8 Å². The van der Waals surface area contributed by atoms with Gasteiger partial charge in [-0.3, -0.25) is 9.78 Å². The fourth-order valence-electron chi connectivity index (χ4n) is 1.49. The maximum Gasteiger partial charge on any atom is 0.165 e. The summed E-state index contributed by atoms with van der Waals surface area (Å²) in [4.78, 5) is 15.2. The van der Waals surface area contributed by atoms with Crippen LogP contribution >= 0.6 is 0 Å². The van der Waals surface area contributed by atoms with E-state index >= 15 is 0 Å². The lowest BCUT2D eigenvalue weighted by atomic mass is 10.0. The number of carbonyl (C=O) groups is 1. The van der Waals surface area contributed by atoms with Gasteiger partial charge in [0.1, 0.15) is 0 Å². The van der Waals surface area contributed by atoms with Crippen molar-refractivity contribution in [3.63, 3.8) is 0 Å². The van der Waals surface area contributed by atoms with Gasteiger partial charge in [-0.25, -0.2) is 4.39 Å². The average molecular weight is 221 g/mol. The van der Waals surface area contributed by atoms with Gasteiger partial charge in [0.2, 0.25) is 0 Å². The number of rotatable bonds is 7. The van der Waals surface area contributed by atoms with E-state index in [1.165, 1.54) is 12.3 Å². The number of ketones is 1. The molecule has 0 saturated carbocycles. The van der Waals surface area contributed by atoms with Gasteiger partial charge in [-0.15, -0.1) is 6.58 Å². The Morgan fingerprint density at radius 3 is 2.94 bits per heavy atom. The summed E-state index contributed by atoms with van der Waals surface area (Å²) in [7, 11) is 0. The van der Waals surface area contributed by atoms with Crippen molar-refractivity contribution in [1.29, 1.82) is 0 Å². The van der Waals surface area contributed by atoms with E-state index in [-0.39, 0.29) is 11.3 Å². The molecule has 0 aliphatic heterocycles. The minimum Gasteiger partial charge on any atom is -0.294 e. The first-order valence-electron chi connectivity index (χ1n) is 5.49. The number of carbonyl (C=O) groups excluding carboxylic acids is 1. The van der Waals surface area contributed by atoms with E-state index in [1.54, 1.807) is 0 Å². The van der Waals surface area contributed by atoms with Crippen LogP contribution in [-0.2, 0) is 0 Å². The second kappa shape index (κ2) is 6.88. The molecule has 0 amide bonds. The number of allylic oxidation sites excluding steroid dienone is 1. The lowest BCUT2D eigenvalue weighted by Crippen LogP contribution is -2.02. The molecular formula is C13H16FNO. The van der Waals surface area contributed by atoms with Gasteiger partial charge in [0, 0.05) is 12.6 Å². The smallest absolute Gasteiger partial charge is 0.165 e. The van der Waals surface area contributed by atoms with Crippen LogP contribution in [0.25, 0.3) is 0 Å². The zero-order valence-corrected chi connectivity index (χ0v) is 9.29. The van der Waals surface area contributed by atoms with Crippen molar-refractivity contribution >= 4 is 5.78 Å². The number of hydrogen-bond acceptors (Lipinski definition) is 2. The Hall–Kier alpha value is -1.51. The molecule has 1 aromatic rings. The fourth-order valence-corrected chi connectivity index (χ4v) is 1.49. The highest BCUT2D eigenvalue weighted by Gasteiger charge is 2.10. The summed E-state index contributed by atoms with van der Waals surface area (Å²) in [6.07, 6.45) is 8.56. The number of pyridine rings is 1. The number of Topliss-reactive ketones (excluding diaryl/α,β-unsaturated/α-hetero) is 1. The van der Waals surface area contributed by atoms with Gasteiger partial charge in [-0.1, -0.05) is 12.5 Å². The van der Waals surface area contributed by atoms with Crippen LogP contribution in [-0.4, -0.2) is 10.8 Å². The van der Waals surface area contributed by atoms with Crippen LogP contribution in [0.2, 0.25) is 0 Å². The van der Waals surface area contributed by atoms with Crippen LogP contribution < -0.4 is 0 Å². The molecule has 0 fully saturated rings.